The van der Waals surface area contributed by atoms with E-state index in [9.17, 15) is 43.8 Å². The van der Waals surface area contributed by atoms with Crippen molar-refractivity contribution in [2.24, 2.45) is 23.0 Å². The second-order valence-electron chi connectivity index (χ2n) is 11.2. The minimum atomic E-state index is -1.72. The van der Waals surface area contributed by atoms with Crippen LogP contribution >= 0.6 is 0 Å². The van der Waals surface area contributed by atoms with Crippen molar-refractivity contribution >= 4 is 41.5 Å². The number of nitrogens with one attached hydrogen (secondary N) is 4. The quantitative estimate of drug-likeness (QED) is 0.123. The number of nitrogens with two attached hydrogens (primary N) is 1. The van der Waals surface area contributed by atoms with Crippen LogP contribution in [0.15, 0.2) is 0 Å². The lowest BCUT2D eigenvalue weighted by Gasteiger charge is -2.33. The molecule has 0 bridgehead atoms. The predicted molar refractivity (Wildman–Crippen MR) is 144 cm³/mol. The maximum absolute atomic E-state index is 13.2. The molecular weight excluding hydrogens is 526 g/mol. The van der Waals surface area contributed by atoms with Crippen molar-refractivity contribution in [2.45, 2.75) is 105 Å². The summed E-state index contributed by atoms with van der Waals surface area (Å²) in [7, 11) is 0. The highest BCUT2D eigenvalue weighted by Crippen LogP contribution is 2.21. The third kappa shape index (κ3) is 12.9. The van der Waals surface area contributed by atoms with Gasteiger partial charge in [0.05, 0.1) is 12.8 Å². The lowest BCUT2D eigenvalue weighted by Crippen LogP contribution is -2.60. The number of aliphatic carboxylic acids is 2. The highest BCUT2D eigenvalue weighted by atomic mass is 16.4. The molecule has 0 fully saturated rings. The van der Waals surface area contributed by atoms with Crippen molar-refractivity contribution in [1.29, 1.82) is 0 Å². The van der Waals surface area contributed by atoms with Crippen LogP contribution in [0.2, 0.25) is 0 Å². The molecule has 0 aromatic rings. The summed E-state index contributed by atoms with van der Waals surface area (Å²) >= 11 is 0. The lowest BCUT2D eigenvalue weighted by molar-refractivity contribution is -0.144. The third-order valence-corrected chi connectivity index (χ3v) is 6.14. The summed E-state index contributed by atoms with van der Waals surface area (Å²) < 4.78 is 0. The largest absolute Gasteiger partial charge is 0.481 e. The Bertz CT molecular complexity index is 941. The van der Waals surface area contributed by atoms with Gasteiger partial charge in [0.1, 0.15) is 24.2 Å². The molecule has 8 N–H and O–H groups in total. The summed E-state index contributed by atoms with van der Waals surface area (Å²) in [5.41, 5.74) is 4.45. The summed E-state index contributed by atoms with van der Waals surface area (Å²) in [6.07, 6.45) is -0.465. The van der Waals surface area contributed by atoms with Crippen molar-refractivity contribution in [3.8, 4) is 0 Å². The van der Waals surface area contributed by atoms with Crippen LogP contribution in [0.5, 0.6) is 0 Å². The first-order chi connectivity index (χ1) is 18.3. The zero-order valence-corrected chi connectivity index (χ0v) is 24.3. The van der Waals surface area contributed by atoms with Crippen LogP contribution in [-0.2, 0) is 33.6 Å². The highest BCUT2D eigenvalue weighted by molar-refractivity contribution is 5.98. The maximum Gasteiger partial charge on any atom is 0.326 e. The van der Waals surface area contributed by atoms with Crippen LogP contribution in [-0.4, -0.2) is 75.9 Å². The van der Waals surface area contributed by atoms with Gasteiger partial charge in [-0.25, -0.2) is 4.79 Å². The van der Waals surface area contributed by atoms with Gasteiger partial charge in [0, 0.05) is 5.92 Å². The van der Waals surface area contributed by atoms with Crippen LogP contribution in [0.1, 0.15) is 80.6 Å². The Hall–Kier alpha value is -3.71. The molecule has 0 aromatic heterocycles. The Morgan fingerprint density at radius 3 is 1.52 bits per heavy atom. The number of carbonyl (C=O) groups is 7. The van der Waals surface area contributed by atoms with Crippen molar-refractivity contribution in [3.05, 3.63) is 0 Å². The van der Waals surface area contributed by atoms with Gasteiger partial charge >= 0.3 is 11.9 Å². The summed E-state index contributed by atoms with van der Waals surface area (Å²) in [5.74, 6) is -7.57. The first-order valence-corrected chi connectivity index (χ1v) is 13.3. The molecule has 0 rings (SSSR count). The molecule has 228 valence electrons. The van der Waals surface area contributed by atoms with Gasteiger partial charge in [-0.2, -0.15) is 0 Å². The van der Waals surface area contributed by atoms with Crippen LogP contribution in [0.25, 0.3) is 0 Å². The number of rotatable bonds is 17. The Morgan fingerprint density at radius 1 is 0.700 bits per heavy atom. The molecule has 0 saturated heterocycles. The fourth-order valence-electron chi connectivity index (χ4n) is 3.88. The van der Waals surface area contributed by atoms with E-state index < -0.39 is 78.0 Å². The summed E-state index contributed by atoms with van der Waals surface area (Å²) in [4.78, 5) is 86.5. The monoisotopic (exact) mass is 571 g/mol. The molecule has 0 saturated carbocycles. The summed E-state index contributed by atoms with van der Waals surface area (Å²) in [6.45, 7) is 12.2. The van der Waals surface area contributed by atoms with E-state index >= 15 is 0 Å². The van der Waals surface area contributed by atoms with E-state index in [1.54, 1.807) is 34.6 Å². The molecule has 0 radical (unpaired) electrons. The Morgan fingerprint density at radius 2 is 1.15 bits per heavy atom. The molecule has 40 heavy (non-hydrogen) atoms. The second-order valence-corrected chi connectivity index (χ2v) is 11.2. The Kier molecular flexibility index (Phi) is 14.9. The minimum absolute atomic E-state index is 0.0476. The van der Waals surface area contributed by atoms with Crippen molar-refractivity contribution in [3.63, 3.8) is 0 Å². The number of carboxylic acids is 2. The smallest absolute Gasteiger partial charge is 0.326 e. The number of hydrogen-bond donors (Lipinski definition) is 7. The van der Waals surface area contributed by atoms with Gasteiger partial charge in [0.15, 0.2) is 0 Å². The minimum Gasteiger partial charge on any atom is -0.481 e. The zero-order chi connectivity index (χ0) is 31.4. The average Bonchev–Trinajstić information content (AvgIpc) is 2.80. The summed E-state index contributed by atoms with van der Waals surface area (Å²) in [6, 6.07) is -5.79. The molecule has 4 atom stereocenters. The van der Waals surface area contributed by atoms with Gasteiger partial charge < -0.3 is 37.2 Å². The molecule has 0 aliphatic rings. The first kappa shape index (κ1) is 36.3. The van der Waals surface area contributed by atoms with Crippen LogP contribution in [0.3, 0.4) is 0 Å². The van der Waals surface area contributed by atoms with Crippen LogP contribution < -0.4 is 27.0 Å². The second kappa shape index (κ2) is 16.4. The lowest BCUT2D eigenvalue weighted by atomic mass is 9.85. The molecule has 0 spiro atoms. The van der Waals surface area contributed by atoms with E-state index in [1.807, 2.05) is 13.8 Å². The fraction of sp³-hybridized carbons (Fsp3) is 0.731. The number of amides is 5. The molecular formula is C26H45N5O9. The zero-order valence-electron chi connectivity index (χ0n) is 24.3. The SMILES string of the molecule is CCC(CC)C(=O)N[C@H](C(=O)N[C@@H](CC(N)=O)C(=O)N[C@@H](CC(=O)O)C(=O)N[C@@H](CC(C)C)C(=O)O)C(C)(C)C. The Balaban J connectivity index is 5.98. The fourth-order valence-corrected chi connectivity index (χ4v) is 3.88. The van der Waals surface area contributed by atoms with E-state index in [0.29, 0.717) is 12.8 Å². The highest BCUT2D eigenvalue weighted by Gasteiger charge is 2.37. The normalized spacial score (nSPS) is 14.4. The van der Waals surface area contributed by atoms with Crippen molar-refractivity contribution in [2.75, 3.05) is 0 Å². The van der Waals surface area contributed by atoms with Crippen LogP contribution in [0, 0.1) is 17.3 Å². The van der Waals surface area contributed by atoms with Crippen molar-refractivity contribution < 1.29 is 43.8 Å². The van der Waals surface area contributed by atoms with Gasteiger partial charge in [-0.15, -0.1) is 0 Å². The van der Waals surface area contributed by atoms with Gasteiger partial charge in [-0.3, -0.25) is 28.8 Å². The van der Waals surface area contributed by atoms with E-state index in [2.05, 4.69) is 21.3 Å². The molecule has 5 amide bonds. The molecule has 14 heteroatoms. The van der Waals surface area contributed by atoms with Gasteiger partial charge in [0.2, 0.25) is 29.5 Å². The maximum atomic E-state index is 13.2. The first-order valence-electron chi connectivity index (χ1n) is 13.3. The van der Waals surface area contributed by atoms with Crippen LogP contribution in [0.4, 0.5) is 0 Å². The molecule has 0 unspecified atom stereocenters. The predicted octanol–water partition coefficient (Wildman–Crippen LogP) is -0.111. The number of hydrogen-bond acceptors (Lipinski definition) is 7. The van der Waals surface area contributed by atoms with Gasteiger partial charge in [-0.05, 0) is 30.6 Å². The third-order valence-electron chi connectivity index (χ3n) is 6.14. The van der Waals surface area contributed by atoms with E-state index in [-0.39, 0.29) is 24.2 Å². The molecule has 0 aromatic carbocycles. The van der Waals surface area contributed by atoms with Gasteiger partial charge in [0.25, 0.3) is 0 Å². The summed E-state index contributed by atoms with van der Waals surface area (Å²) in [5, 5.41) is 28.1. The van der Waals surface area contributed by atoms with Crippen molar-refractivity contribution in [1.82, 2.24) is 21.3 Å². The van der Waals surface area contributed by atoms with E-state index in [0.717, 1.165) is 0 Å². The topological polar surface area (TPSA) is 234 Å². The Labute approximate surface area is 234 Å². The van der Waals surface area contributed by atoms with Gasteiger partial charge in [-0.1, -0.05) is 48.5 Å². The molecule has 0 aliphatic heterocycles. The number of carboxylic acid groups (broad SMARTS) is 2. The van der Waals surface area contributed by atoms with E-state index in [4.69, 9.17) is 5.73 Å². The van der Waals surface area contributed by atoms with E-state index in [1.165, 1.54) is 0 Å². The molecule has 14 nitrogen and oxygen atoms in total. The molecule has 0 heterocycles. The standard InChI is InChI=1S/C26H45N5O9/c1-8-14(9-2)21(35)31-20(26(5,6)7)24(38)29-15(11-18(27)32)22(36)28-16(12-19(33)34)23(37)30-17(25(39)40)10-13(3)4/h13-17,20H,8-12H2,1-7H3,(H2,27,32)(H,28,36)(H,29,38)(H,30,37)(H,31,35)(H,33,34)(H,39,40)/t15-,16-,17-,20+/m0/s1. The average molecular weight is 572 g/mol. The number of carbonyl (C=O) groups excluding carboxylic acids is 5. The molecule has 0 aliphatic carbocycles. The number of primary amides is 1.